The summed E-state index contributed by atoms with van der Waals surface area (Å²) in [5, 5.41) is 1.35. The van der Waals surface area contributed by atoms with Crippen LogP contribution in [-0.4, -0.2) is 42.0 Å². The Bertz CT molecular complexity index is 1280. The zero-order valence-electron chi connectivity index (χ0n) is 18.9. The van der Waals surface area contributed by atoms with Gasteiger partial charge < -0.3 is 4.90 Å². The third kappa shape index (κ3) is 5.10. The normalized spacial score (nSPS) is 17.3. The Balaban J connectivity index is 1.31. The second kappa shape index (κ2) is 9.90. The van der Waals surface area contributed by atoms with E-state index in [9.17, 15) is 9.18 Å². The van der Waals surface area contributed by atoms with Crippen molar-refractivity contribution in [1.29, 1.82) is 0 Å². The zero-order chi connectivity index (χ0) is 24.6. The third-order valence-corrected chi connectivity index (χ3v) is 7.53. The molecule has 8 heteroatoms. The van der Waals surface area contributed by atoms with Crippen LogP contribution in [0.3, 0.4) is 0 Å². The summed E-state index contributed by atoms with van der Waals surface area (Å²) in [7, 11) is 0. The summed E-state index contributed by atoms with van der Waals surface area (Å²) in [6.07, 6.45) is 7.28. The molecule has 0 radical (unpaired) electrons. The van der Waals surface area contributed by atoms with Crippen molar-refractivity contribution < 1.29 is 9.18 Å². The highest BCUT2D eigenvalue weighted by molar-refractivity contribution is 6.31. The second-order valence-corrected chi connectivity index (χ2v) is 10.4. The lowest BCUT2D eigenvalue weighted by atomic mass is 9.74. The summed E-state index contributed by atoms with van der Waals surface area (Å²) < 4.78 is 13.6. The van der Waals surface area contributed by atoms with Gasteiger partial charge in [-0.25, -0.2) is 9.37 Å². The van der Waals surface area contributed by atoms with Gasteiger partial charge in [-0.05, 0) is 85.6 Å². The Morgan fingerprint density at radius 2 is 1.83 bits per heavy atom. The number of carbonyl (C=O) groups excluding carboxylic acids is 1. The SMILES string of the molecule is O=C(c1ccnc(Cl)c1)N1CC2(CCN(C/C=C/c3cc(F)cc(Cl)c3)CC2)c2cc(Cl)ccc21. The summed E-state index contributed by atoms with van der Waals surface area (Å²) in [4.78, 5) is 21.6. The molecule has 1 spiro atoms. The van der Waals surface area contributed by atoms with Crippen molar-refractivity contribution in [3.05, 3.63) is 98.5 Å². The molecule has 180 valence electrons. The maximum Gasteiger partial charge on any atom is 0.258 e. The fourth-order valence-electron chi connectivity index (χ4n) is 5.11. The molecule has 0 N–H and O–H groups in total. The maximum absolute atomic E-state index is 13.6. The molecule has 0 aliphatic carbocycles. The Kier molecular flexibility index (Phi) is 6.86. The summed E-state index contributed by atoms with van der Waals surface area (Å²) in [6, 6.07) is 13.6. The average molecular weight is 531 g/mol. The minimum absolute atomic E-state index is 0.0890. The van der Waals surface area contributed by atoms with E-state index in [1.165, 1.54) is 12.1 Å². The summed E-state index contributed by atoms with van der Waals surface area (Å²) in [6.45, 7) is 3.12. The largest absolute Gasteiger partial charge is 0.307 e. The number of fused-ring (bicyclic) bond motifs is 2. The molecule has 1 aromatic heterocycles. The Morgan fingerprint density at radius 3 is 2.57 bits per heavy atom. The highest BCUT2D eigenvalue weighted by atomic mass is 35.5. The molecular weight excluding hydrogens is 508 g/mol. The van der Waals surface area contributed by atoms with Crippen LogP contribution in [0.5, 0.6) is 0 Å². The average Bonchev–Trinajstić information content (AvgIpc) is 3.12. The van der Waals surface area contributed by atoms with Crippen molar-refractivity contribution in [3.8, 4) is 0 Å². The molecule has 3 aromatic rings. The number of halogens is 4. The Morgan fingerprint density at radius 1 is 1.03 bits per heavy atom. The molecule has 1 amide bonds. The number of pyridine rings is 1. The fourth-order valence-corrected chi connectivity index (χ4v) is 5.69. The first-order valence-electron chi connectivity index (χ1n) is 11.4. The monoisotopic (exact) mass is 529 g/mol. The van der Waals surface area contributed by atoms with Gasteiger partial charge >= 0.3 is 0 Å². The van der Waals surface area contributed by atoms with E-state index in [0.29, 0.717) is 27.3 Å². The zero-order valence-corrected chi connectivity index (χ0v) is 21.1. The molecule has 0 atom stereocenters. The number of anilines is 1. The molecule has 5 rings (SSSR count). The number of piperidine rings is 1. The van der Waals surface area contributed by atoms with Crippen molar-refractivity contribution in [2.24, 2.45) is 0 Å². The van der Waals surface area contributed by atoms with E-state index in [1.807, 2.05) is 35.3 Å². The minimum Gasteiger partial charge on any atom is -0.307 e. The van der Waals surface area contributed by atoms with Crippen molar-refractivity contribution in [2.45, 2.75) is 18.3 Å². The molecule has 0 unspecified atom stereocenters. The van der Waals surface area contributed by atoms with Crippen LogP contribution in [0.25, 0.3) is 6.08 Å². The van der Waals surface area contributed by atoms with Gasteiger partial charge in [-0.1, -0.05) is 47.0 Å². The van der Waals surface area contributed by atoms with E-state index in [1.54, 1.807) is 24.4 Å². The first-order valence-corrected chi connectivity index (χ1v) is 12.5. The highest BCUT2D eigenvalue weighted by Crippen LogP contribution is 2.48. The quantitative estimate of drug-likeness (QED) is 0.345. The lowest BCUT2D eigenvalue weighted by Crippen LogP contribution is -2.46. The van der Waals surface area contributed by atoms with Crippen molar-refractivity contribution in [1.82, 2.24) is 9.88 Å². The number of likely N-dealkylation sites (tertiary alicyclic amines) is 1. The molecule has 0 saturated carbocycles. The number of carbonyl (C=O) groups is 1. The van der Waals surface area contributed by atoms with Gasteiger partial charge in [-0.15, -0.1) is 0 Å². The molecule has 1 fully saturated rings. The van der Waals surface area contributed by atoms with E-state index >= 15 is 0 Å². The van der Waals surface area contributed by atoms with Crippen molar-refractivity contribution in [3.63, 3.8) is 0 Å². The topological polar surface area (TPSA) is 36.4 Å². The summed E-state index contributed by atoms with van der Waals surface area (Å²) in [5.74, 6) is -0.433. The first-order chi connectivity index (χ1) is 16.8. The van der Waals surface area contributed by atoms with Gasteiger partial charge in [0.2, 0.25) is 0 Å². The van der Waals surface area contributed by atoms with Crippen LogP contribution in [0, 0.1) is 5.82 Å². The van der Waals surface area contributed by atoms with Gasteiger partial charge in [0.1, 0.15) is 11.0 Å². The lowest BCUT2D eigenvalue weighted by Gasteiger charge is -2.39. The number of amides is 1. The van der Waals surface area contributed by atoms with Gasteiger partial charge in [0.05, 0.1) is 0 Å². The second-order valence-electron chi connectivity index (χ2n) is 9.11. The van der Waals surface area contributed by atoms with E-state index < -0.39 is 0 Å². The molecule has 1 saturated heterocycles. The predicted molar refractivity (Wildman–Crippen MR) is 140 cm³/mol. The van der Waals surface area contributed by atoms with Gasteiger partial charge in [0.15, 0.2) is 0 Å². The van der Waals surface area contributed by atoms with Crippen LogP contribution < -0.4 is 4.90 Å². The number of nitrogens with zero attached hydrogens (tertiary/aromatic N) is 3. The van der Waals surface area contributed by atoms with Crippen molar-refractivity contribution in [2.75, 3.05) is 31.1 Å². The predicted octanol–water partition coefficient (Wildman–Crippen LogP) is 6.89. The van der Waals surface area contributed by atoms with E-state index in [2.05, 4.69) is 9.88 Å². The molecule has 0 bridgehead atoms. The minimum atomic E-state index is -0.344. The molecule has 2 aliphatic rings. The number of hydrogen-bond acceptors (Lipinski definition) is 3. The van der Waals surface area contributed by atoms with Gasteiger partial charge in [-0.3, -0.25) is 9.69 Å². The number of benzene rings is 2. The third-order valence-electron chi connectivity index (χ3n) is 6.87. The van der Waals surface area contributed by atoms with Crippen LogP contribution in [-0.2, 0) is 5.41 Å². The van der Waals surface area contributed by atoms with Crippen LogP contribution in [0.2, 0.25) is 15.2 Å². The van der Waals surface area contributed by atoms with E-state index in [-0.39, 0.29) is 17.1 Å². The standard InChI is InChI=1S/C27H23Cl3FN3O/c28-20-3-4-24-23(16-20)27(17-34(24)26(35)19-5-8-32-25(30)14-19)6-10-33(11-7-27)9-1-2-18-12-21(29)15-22(31)13-18/h1-5,8,12-16H,6-7,9-11,17H2/b2-1+. The highest BCUT2D eigenvalue weighted by Gasteiger charge is 2.46. The Hall–Kier alpha value is -2.44. The Labute approximate surface area is 218 Å². The van der Waals surface area contributed by atoms with E-state index in [0.717, 1.165) is 49.3 Å². The first kappa shape index (κ1) is 24.3. The maximum atomic E-state index is 13.6. The smallest absolute Gasteiger partial charge is 0.258 e. The fraction of sp³-hybridized carbons (Fsp3) is 0.259. The van der Waals surface area contributed by atoms with Crippen LogP contribution in [0.1, 0.15) is 34.3 Å². The molecule has 2 aromatic carbocycles. The van der Waals surface area contributed by atoms with Crippen LogP contribution >= 0.6 is 34.8 Å². The molecule has 4 nitrogen and oxygen atoms in total. The van der Waals surface area contributed by atoms with Gasteiger partial charge in [-0.2, -0.15) is 0 Å². The molecule has 2 aliphatic heterocycles. The van der Waals surface area contributed by atoms with Gasteiger partial charge in [0, 0.05) is 46.0 Å². The van der Waals surface area contributed by atoms with Crippen LogP contribution in [0.15, 0.2) is 60.8 Å². The van der Waals surface area contributed by atoms with E-state index in [4.69, 9.17) is 34.8 Å². The number of hydrogen-bond donors (Lipinski definition) is 0. The molecule has 35 heavy (non-hydrogen) atoms. The van der Waals surface area contributed by atoms with Gasteiger partial charge in [0.25, 0.3) is 5.91 Å². The summed E-state index contributed by atoms with van der Waals surface area (Å²) in [5.41, 5.74) is 3.14. The summed E-state index contributed by atoms with van der Waals surface area (Å²) >= 11 is 18.4. The lowest BCUT2D eigenvalue weighted by molar-refractivity contribution is 0.0977. The molecular formula is C27H23Cl3FN3O. The van der Waals surface area contributed by atoms with Crippen LogP contribution in [0.4, 0.5) is 10.1 Å². The number of rotatable bonds is 4. The number of aromatic nitrogens is 1. The van der Waals surface area contributed by atoms with Crippen molar-refractivity contribution >= 4 is 52.5 Å². The molecule has 3 heterocycles.